The number of hydrogen-bond acceptors (Lipinski definition) is 5. The van der Waals surface area contributed by atoms with Gasteiger partial charge in [-0.1, -0.05) is 24.3 Å². The number of hydrogen-bond donors (Lipinski definition) is 3. The molecule has 1 heterocycles. The average molecular weight is 432 g/mol. The van der Waals surface area contributed by atoms with Crippen LogP contribution in [0.25, 0.3) is 11.0 Å². The number of amides is 2. The molecule has 160 valence electrons. The minimum absolute atomic E-state index is 0.152. The van der Waals surface area contributed by atoms with Crippen LogP contribution in [0, 0.1) is 5.82 Å². The predicted molar refractivity (Wildman–Crippen MR) is 116 cm³/mol. The number of ether oxygens (including phenoxy) is 1. The normalized spacial score (nSPS) is 10.6. The zero-order valence-corrected chi connectivity index (χ0v) is 16.8. The summed E-state index contributed by atoms with van der Waals surface area (Å²) in [5.74, 6) is -1.23. The minimum Gasteiger partial charge on any atom is -0.453 e. The van der Waals surface area contributed by atoms with E-state index in [1.165, 1.54) is 31.4 Å². The van der Waals surface area contributed by atoms with Crippen LogP contribution >= 0.6 is 0 Å². The van der Waals surface area contributed by atoms with Crippen molar-refractivity contribution in [1.29, 1.82) is 0 Å². The zero-order valence-electron chi connectivity index (χ0n) is 16.8. The third-order valence-electron chi connectivity index (χ3n) is 4.65. The van der Waals surface area contributed by atoms with Gasteiger partial charge in [0.1, 0.15) is 5.82 Å². The number of ketones is 1. The van der Waals surface area contributed by atoms with Crippen molar-refractivity contribution in [2.45, 2.75) is 0 Å². The highest BCUT2D eigenvalue weighted by atomic mass is 19.1. The van der Waals surface area contributed by atoms with Crippen LogP contribution in [0.5, 0.6) is 0 Å². The van der Waals surface area contributed by atoms with Gasteiger partial charge in [0.25, 0.3) is 5.91 Å². The Balaban J connectivity index is 1.62. The number of methoxy groups -OCH3 is 1. The molecule has 0 saturated heterocycles. The molecule has 0 aliphatic heterocycles. The van der Waals surface area contributed by atoms with Crippen LogP contribution < -0.4 is 10.6 Å². The molecule has 9 heteroatoms. The number of carbonyl (C=O) groups excluding carboxylic acids is 3. The molecule has 8 nitrogen and oxygen atoms in total. The lowest BCUT2D eigenvalue weighted by atomic mass is 9.97. The number of H-pyrrole nitrogens is 1. The SMILES string of the molecule is COC(=O)Nc1nc2ccc(C(=O)c3ccccc3C(=O)Nc3cccc(F)c3)cc2[nH]1. The largest absolute Gasteiger partial charge is 0.453 e. The van der Waals surface area contributed by atoms with E-state index >= 15 is 0 Å². The third kappa shape index (κ3) is 4.31. The van der Waals surface area contributed by atoms with E-state index in [2.05, 4.69) is 25.3 Å². The van der Waals surface area contributed by atoms with Crippen molar-refractivity contribution in [3.8, 4) is 0 Å². The number of halogens is 1. The number of fused-ring (bicyclic) bond motifs is 1. The first-order valence-corrected chi connectivity index (χ1v) is 9.50. The second kappa shape index (κ2) is 8.68. The van der Waals surface area contributed by atoms with Gasteiger partial charge in [0.05, 0.1) is 23.7 Å². The van der Waals surface area contributed by atoms with Gasteiger partial charge in [-0.2, -0.15) is 0 Å². The molecule has 32 heavy (non-hydrogen) atoms. The van der Waals surface area contributed by atoms with Crippen LogP contribution in [0.3, 0.4) is 0 Å². The first kappa shape index (κ1) is 20.7. The van der Waals surface area contributed by atoms with Crippen LogP contribution in [0.15, 0.2) is 66.7 Å². The monoisotopic (exact) mass is 432 g/mol. The van der Waals surface area contributed by atoms with Crippen LogP contribution in [-0.4, -0.2) is 34.9 Å². The fraction of sp³-hybridized carbons (Fsp3) is 0.0435. The van der Waals surface area contributed by atoms with Crippen molar-refractivity contribution in [1.82, 2.24) is 9.97 Å². The lowest BCUT2D eigenvalue weighted by Crippen LogP contribution is -2.17. The molecule has 3 aromatic carbocycles. The van der Waals surface area contributed by atoms with Gasteiger partial charge in [-0.15, -0.1) is 0 Å². The maximum Gasteiger partial charge on any atom is 0.413 e. The molecule has 0 unspecified atom stereocenters. The first-order valence-electron chi connectivity index (χ1n) is 9.50. The Labute approximate surface area is 181 Å². The molecular formula is C23H17FN4O4. The Bertz CT molecular complexity index is 1350. The highest BCUT2D eigenvalue weighted by molar-refractivity contribution is 6.18. The van der Waals surface area contributed by atoms with Crippen LogP contribution in [0.4, 0.5) is 20.8 Å². The Morgan fingerprint density at radius 3 is 2.47 bits per heavy atom. The Morgan fingerprint density at radius 1 is 0.938 bits per heavy atom. The molecule has 0 aliphatic rings. The molecule has 0 fully saturated rings. The topological polar surface area (TPSA) is 113 Å². The standard InChI is InChI=1S/C23H17FN4O4/c1-32-23(31)28-22-26-18-10-9-13(11-19(18)27-22)20(29)16-7-2-3-8-17(16)21(30)25-15-6-4-5-14(24)12-15/h2-12H,1H3,(H,25,30)(H2,26,27,28,31). The summed E-state index contributed by atoms with van der Waals surface area (Å²) in [6.45, 7) is 0. The zero-order chi connectivity index (χ0) is 22.7. The number of carbonyl (C=O) groups is 3. The number of benzene rings is 3. The summed E-state index contributed by atoms with van der Waals surface area (Å²) in [5.41, 5.74) is 1.99. The average Bonchev–Trinajstić information content (AvgIpc) is 3.19. The van der Waals surface area contributed by atoms with Gasteiger partial charge in [0.15, 0.2) is 5.78 Å². The molecule has 0 atom stereocenters. The van der Waals surface area contributed by atoms with Crippen molar-refractivity contribution >= 4 is 40.5 Å². The number of nitrogens with zero attached hydrogens (tertiary/aromatic N) is 1. The van der Waals surface area contributed by atoms with Crippen LogP contribution in [0.2, 0.25) is 0 Å². The van der Waals surface area contributed by atoms with Gasteiger partial charge in [-0.3, -0.25) is 14.9 Å². The van der Waals surface area contributed by atoms with Gasteiger partial charge in [0.2, 0.25) is 5.95 Å². The molecule has 0 radical (unpaired) electrons. The van der Waals surface area contributed by atoms with E-state index in [0.717, 1.165) is 0 Å². The summed E-state index contributed by atoms with van der Waals surface area (Å²) in [6, 6.07) is 16.6. The number of nitrogens with one attached hydrogen (secondary N) is 3. The van der Waals surface area contributed by atoms with Crippen molar-refractivity contribution < 1.29 is 23.5 Å². The Kier molecular flexibility index (Phi) is 5.63. The van der Waals surface area contributed by atoms with Gasteiger partial charge in [-0.05, 0) is 42.5 Å². The van der Waals surface area contributed by atoms with Crippen molar-refractivity contribution in [2.75, 3.05) is 17.7 Å². The second-order valence-corrected chi connectivity index (χ2v) is 6.77. The van der Waals surface area contributed by atoms with Crippen LogP contribution in [-0.2, 0) is 4.74 Å². The second-order valence-electron chi connectivity index (χ2n) is 6.77. The van der Waals surface area contributed by atoms with E-state index in [4.69, 9.17) is 0 Å². The maximum absolute atomic E-state index is 13.4. The van der Waals surface area contributed by atoms with E-state index < -0.39 is 17.8 Å². The molecule has 0 bridgehead atoms. The van der Waals surface area contributed by atoms with E-state index in [1.54, 1.807) is 42.5 Å². The van der Waals surface area contributed by atoms with E-state index in [9.17, 15) is 18.8 Å². The lowest BCUT2D eigenvalue weighted by Gasteiger charge is -2.10. The number of rotatable bonds is 5. The molecule has 0 spiro atoms. The fourth-order valence-electron chi connectivity index (χ4n) is 3.16. The number of imidazole rings is 1. The fourth-order valence-corrected chi connectivity index (χ4v) is 3.16. The van der Waals surface area contributed by atoms with Gasteiger partial charge >= 0.3 is 6.09 Å². The van der Waals surface area contributed by atoms with Gasteiger partial charge in [-0.25, -0.2) is 14.2 Å². The molecule has 0 aliphatic carbocycles. The first-order chi connectivity index (χ1) is 15.4. The molecule has 4 aromatic rings. The maximum atomic E-state index is 13.4. The van der Waals surface area contributed by atoms with E-state index in [0.29, 0.717) is 16.6 Å². The molecule has 2 amide bonds. The number of aromatic amines is 1. The van der Waals surface area contributed by atoms with Gasteiger partial charge < -0.3 is 15.0 Å². The number of aromatic nitrogens is 2. The summed E-state index contributed by atoms with van der Waals surface area (Å²) in [5, 5.41) is 5.02. The Morgan fingerprint density at radius 2 is 1.72 bits per heavy atom. The van der Waals surface area contributed by atoms with Crippen molar-refractivity contribution in [3.05, 3.63) is 89.2 Å². The number of anilines is 2. The summed E-state index contributed by atoms with van der Waals surface area (Å²) in [4.78, 5) is 44.4. The van der Waals surface area contributed by atoms with E-state index in [-0.39, 0.29) is 28.5 Å². The third-order valence-corrected chi connectivity index (χ3v) is 4.65. The molecule has 3 N–H and O–H groups in total. The van der Waals surface area contributed by atoms with Crippen molar-refractivity contribution in [2.24, 2.45) is 0 Å². The molecular weight excluding hydrogens is 415 g/mol. The van der Waals surface area contributed by atoms with E-state index in [1.807, 2.05) is 0 Å². The molecule has 4 rings (SSSR count). The van der Waals surface area contributed by atoms with Crippen molar-refractivity contribution in [3.63, 3.8) is 0 Å². The van der Waals surface area contributed by atoms with Gasteiger partial charge in [0, 0.05) is 16.8 Å². The summed E-state index contributed by atoms with van der Waals surface area (Å²) < 4.78 is 18.0. The minimum atomic E-state index is -0.682. The summed E-state index contributed by atoms with van der Waals surface area (Å²) in [7, 11) is 1.23. The predicted octanol–water partition coefficient (Wildman–Crippen LogP) is 4.36. The molecule has 1 aromatic heterocycles. The van der Waals surface area contributed by atoms with Crippen LogP contribution in [0.1, 0.15) is 26.3 Å². The quantitative estimate of drug-likeness (QED) is 0.406. The highest BCUT2D eigenvalue weighted by Crippen LogP contribution is 2.21. The highest BCUT2D eigenvalue weighted by Gasteiger charge is 2.19. The lowest BCUT2D eigenvalue weighted by molar-refractivity contribution is 0.0996. The Hall–Kier alpha value is -4.53. The molecule has 0 saturated carbocycles. The summed E-state index contributed by atoms with van der Waals surface area (Å²) >= 11 is 0. The smallest absolute Gasteiger partial charge is 0.413 e. The summed E-state index contributed by atoms with van der Waals surface area (Å²) in [6.07, 6.45) is -0.682.